The van der Waals surface area contributed by atoms with Crippen LogP contribution in [-0.2, 0) is 11.3 Å². The summed E-state index contributed by atoms with van der Waals surface area (Å²) < 4.78 is 0. The average molecular weight is 249 g/mol. The van der Waals surface area contributed by atoms with Crippen molar-refractivity contribution in [2.75, 3.05) is 20.2 Å². The average Bonchev–Trinajstić information content (AvgIpc) is 2.36. The van der Waals surface area contributed by atoms with E-state index in [1.54, 1.807) is 11.1 Å². The van der Waals surface area contributed by atoms with Crippen molar-refractivity contribution in [2.45, 2.75) is 25.6 Å². The van der Waals surface area contributed by atoms with Crippen molar-refractivity contribution in [1.82, 2.24) is 14.8 Å². The topological polar surface area (TPSA) is 56.7 Å². The van der Waals surface area contributed by atoms with E-state index in [1.807, 2.05) is 37.1 Å². The first-order chi connectivity index (χ1) is 8.63. The molecule has 1 aliphatic rings. The summed E-state index contributed by atoms with van der Waals surface area (Å²) in [4.78, 5) is 20.2. The van der Waals surface area contributed by atoms with Gasteiger partial charge in [-0.25, -0.2) is 0 Å². The maximum absolute atomic E-state index is 12.3. The monoisotopic (exact) mass is 249 g/mol. The molecule has 0 spiro atoms. The maximum Gasteiger partial charge on any atom is 0.242 e. The third kappa shape index (κ3) is 2.52. The third-order valence-corrected chi connectivity index (χ3v) is 3.42. The third-order valence-electron chi connectivity index (χ3n) is 3.42. The van der Waals surface area contributed by atoms with E-state index >= 15 is 0 Å². The van der Waals surface area contributed by atoms with Gasteiger partial charge >= 0.3 is 0 Å². The fourth-order valence-electron chi connectivity index (χ4n) is 2.36. The van der Waals surface area contributed by atoms with Crippen LogP contribution in [0.4, 0.5) is 0 Å². The lowest BCUT2D eigenvalue weighted by Gasteiger charge is -2.42. The van der Waals surface area contributed by atoms with Gasteiger partial charge in [-0.1, -0.05) is 6.07 Å². The summed E-state index contributed by atoms with van der Waals surface area (Å²) >= 11 is 0. The number of nitrogens with zero attached hydrogens (tertiary/aromatic N) is 3. The molecule has 98 valence electrons. The van der Waals surface area contributed by atoms with Crippen molar-refractivity contribution in [1.29, 1.82) is 0 Å². The molecule has 1 aromatic rings. The van der Waals surface area contributed by atoms with Crippen molar-refractivity contribution in [2.24, 2.45) is 0 Å². The first-order valence-corrected chi connectivity index (χ1v) is 6.15. The smallest absolute Gasteiger partial charge is 0.242 e. The highest BCUT2D eigenvalue weighted by Gasteiger charge is 2.36. The number of carbonyl (C=O) groups excluding carboxylic acids is 1. The predicted octanol–water partition coefficient (Wildman–Crippen LogP) is 0.105. The van der Waals surface area contributed by atoms with E-state index in [2.05, 4.69) is 4.98 Å². The Morgan fingerprint density at radius 3 is 2.89 bits per heavy atom. The number of aliphatic hydroxyl groups excluding tert-OH is 1. The highest BCUT2D eigenvalue weighted by Crippen LogP contribution is 2.17. The number of piperazine rings is 1. The van der Waals surface area contributed by atoms with Gasteiger partial charge in [-0.3, -0.25) is 14.7 Å². The standard InChI is InChI=1S/C13H19N3O2/c1-10-7-15(2)12(9-17)13(18)16(10)8-11-5-3-4-6-14-11/h3-6,10,12,17H,7-9H2,1-2H3. The summed E-state index contributed by atoms with van der Waals surface area (Å²) in [7, 11) is 1.87. The van der Waals surface area contributed by atoms with Crippen LogP contribution in [0.1, 0.15) is 12.6 Å². The molecule has 1 saturated heterocycles. The molecule has 2 atom stereocenters. The number of aliphatic hydroxyl groups is 1. The molecule has 1 aliphatic heterocycles. The number of amides is 1. The molecule has 5 nitrogen and oxygen atoms in total. The second-order valence-corrected chi connectivity index (χ2v) is 4.77. The van der Waals surface area contributed by atoms with Crippen LogP contribution < -0.4 is 0 Å². The molecule has 0 aliphatic carbocycles. The van der Waals surface area contributed by atoms with Crippen molar-refractivity contribution >= 4 is 5.91 Å². The van der Waals surface area contributed by atoms with Crippen LogP contribution in [-0.4, -0.2) is 58.1 Å². The zero-order valence-corrected chi connectivity index (χ0v) is 10.8. The van der Waals surface area contributed by atoms with E-state index in [9.17, 15) is 9.90 Å². The lowest BCUT2D eigenvalue weighted by atomic mass is 10.1. The Kier molecular flexibility index (Phi) is 3.93. The number of pyridine rings is 1. The Morgan fingerprint density at radius 1 is 1.50 bits per heavy atom. The minimum absolute atomic E-state index is 0.0237. The summed E-state index contributed by atoms with van der Waals surface area (Å²) in [6, 6.07) is 5.38. The van der Waals surface area contributed by atoms with Crippen LogP contribution in [0.15, 0.2) is 24.4 Å². The van der Waals surface area contributed by atoms with E-state index in [0.717, 1.165) is 12.2 Å². The zero-order chi connectivity index (χ0) is 13.1. The fraction of sp³-hybridized carbons (Fsp3) is 0.538. The predicted molar refractivity (Wildman–Crippen MR) is 67.8 cm³/mol. The molecule has 0 saturated carbocycles. The van der Waals surface area contributed by atoms with Crippen LogP contribution in [0.25, 0.3) is 0 Å². The SMILES string of the molecule is CC1CN(C)C(CO)C(=O)N1Cc1ccccn1. The van der Waals surface area contributed by atoms with Crippen LogP contribution >= 0.6 is 0 Å². The lowest BCUT2D eigenvalue weighted by molar-refractivity contribution is -0.147. The maximum atomic E-state index is 12.3. The number of rotatable bonds is 3. The molecule has 2 unspecified atom stereocenters. The number of likely N-dealkylation sites (N-methyl/N-ethyl adjacent to an activating group) is 1. The zero-order valence-electron chi connectivity index (χ0n) is 10.8. The fourth-order valence-corrected chi connectivity index (χ4v) is 2.36. The van der Waals surface area contributed by atoms with Gasteiger partial charge in [-0.2, -0.15) is 0 Å². The number of aromatic nitrogens is 1. The van der Waals surface area contributed by atoms with E-state index in [4.69, 9.17) is 0 Å². The lowest BCUT2D eigenvalue weighted by Crippen LogP contribution is -2.60. The summed E-state index contributed by atoms with van der Waals surface area (Å²) in [6.07, 6.45) is 1.73. The molecule has 1 amide bonds. The molecule has 1 aromatic heterocycles. The van der Waals surface area contributed by atoms with Crippen molar-refractivity contribution in [3.8, 4) is 0 Å². The Bertz CT molecular complexity index is 410. The highest BCUT2D eigenvalue weighted by molar-refractivity contribution is 5.83. The Balaban J connectivity index is 2.13. The Morgan fingerprint density at radius 2 is 2.28 bits per heavy atom. The van der Waals surface area contributed by atoms with Gasteiger partial charge in [0.1, 0.15) is 6.04 Å². The summed E-state index contributed by atoms with van der Waals surface area (Å²) in [5.41, 5.74) is 0.874. The molecular formula is C13H19N3O2. The van der Waals surface area contributed by atoms with E-state index < -0.39 is 6.04 Å². The van der Waals surface area contributed by atoms with Gasteiger partial charge in [0, 0.05) is 18.8 Å². The normalized spacial score (nSPS) is 25.5. The second kappa shape index (κ2) is 5.46. The molecule has 5 heteroatoms. The molecule has 18 heavy (non-hydrogen) atoms. The number of carbonyl (C=O) groups is 1. The highest BCUT2D eigenvalue weighted by atomic mass is 16.3. The molecule has 1 fully saturated rings. The molecule has 0 radical (unpaired) electrons. The van der Waals surface area contributed by atoms with Gasteiger partial charge < -0.3 is 10.0 Å². The minimum Gasteiger partial charge on any atom is -0.394 e. The minimum atomic E-state index is -0.426. The van der Waals surface area contributed by atoms with Gasteiger partial charge in [0.25, 0.3) is 0 Å². The van der Waals surface area contributed by atoms with Crippen molar-refractivity contribution in [3.05, 3.63) is 30.1 Å². The molecular weight excluding hydrogens is 230 g/mol. The molecule has 0 bridgehead atoms. The second-order valence-electron chi connectivity index (χ2n) is 4.77. The first-order valence-electron chi connectivity index (χ1n) is 6.15. The Labute approximate surface area is 107 Å². The first kappa shape index (κ1) is 13.0. The van der Waals surface area contributed by atoms with Crippen LogP contribution in [0.2, 0.25) is 0 Å². The number of hydrogen-bond donors (Lipinski definition) is 1. The summed E-state index contributed by atoms with van der Waals surface area (Å²) in [5, 5.41) is 9.30. The van der Waals surface area contributed by atoms with Gasteiger partial charge in [0.2, 0.25) is 5.91 Å². The van der Waals surface area contributed by atoms with E-state index in [0.29, 0.717) is 6.54 Å². The largest absolute Gasteiger partial charge is 0.394 e. The van der Waals surface area contributed by atoms with Crippen molar-refractivity contribution < 1.29 is 9.90 Å². The van der Waals surface area contributed by atoms with E-state index in [1.165, 1.54) is 0 Å². The molecule has 2 rings (SSSR count). The number of hydrogen-bond acceptors (Lipinski definition) is 4. The van der Waals surface area contributed by atoms with Gasteiger partial charge in [-0.05, 0) is 26.1 Å². The van der Waals surface area contributed by atoms with Gasteiger partial charge in [-0.15, -0.1) is 0 Å². The quantitative estimate of drug-likeness (QED) is 0.826. The summed E-state index contributed by atoms with van der Waals surface area (Å²) in [6.45, 7) is 3.15. The van der Waals surface area contributed by atoms with E-state index in [-0.39, 0.29) is 18.6 Å². The summed E-state index contributed by atoms with van der Waals surface area (Å²) in [5.74, 6) is -0.0237. The van der Waals surface area contributed by atoms with Crippen LogP contribution in [0.5, 0.6) is 0 Å². The molecule has 0 aromatic carbocycles. The van der Waals surface area contributed by atoms with Crippen LogP contribution in [0, 0.1) is 0 Å². The van der Waals surface area contributed by atoms with Crippen LogP contribution in [0.3, 0.4) is 0 Å². The Hall–Kier alpha value is -1.46. The molecule has 1 N–H and O–H groups in total. The van der Waals surface area contributed by atoms with Gasteiger partial charge in [0.05, 0.1) is 18.8 Å². The van der Waals surface area contributed by atoms with Gasteiger partial charge in [0.15, 0.2) is 0 Å². The van der Waals surface area contributed by atoms with Crippen molar-refractivity contribution in [3.63, 3.8) is 0 Å². The molecule has 2 heterocycles.